The third kappa shape index (κ3) is 6.31. The van der Waals surface area contributed by atoms with Crippen molar-refractivity contribution in [3.05, 3.63) is 66.4 Å². The summed E-state index contributed by atoms with van der Waals surface area (Å²) in [6, 6.07) is 8.50. The molecular weight excluding hydrogens is 361 g/mol. The predicted octanol–water partition coefficient (Wildman–Crippen LogP) is 6.99. The fraction of sp³-hybridized carbons (Fsp3) is 0.421. The second kappa shape index (κ2) is 10.6. The van der Waals surface area contributed by atoms with Crippen LogP contribution in [0.1, 0.15) is 25.3 Å². The van der Waals surface area contributed by atoms with Crippen LogP contribution in [0.4, 0.5) is 5.69 Å². The van der Waals surface area contributed by atoms with Crippen molar-refractivity contribution in [2.75, 3.05) is 6.54 Å². The van der Waals surface area contributed by atoms with Crippen LogP contribution in [-0.4, -0.2) is 6.54 Å². The van der Waals surface area contributed by atoms with Crippen LogP contribution in [0.25, 0.3) is 5.32 Å². The molecule has 2 aliphatic carbocycles. The minimum atomic E-state index is -0.556. The van der Waals surface area contributed by atoms with Gasteiger partial charge in [0, 0.05) is 0 Å². The van der Waals surface area contributed by atoms with Gasteiger partial charge in [-0.25, -0.2) is 0 Å². The molecule has 1 nitrogen and oxygen atoms in total. The Bertz CT molecular complexity index is 525. The number of fused-ring (bicyclic) bond motifs is 1. The predicted molar refractivity (Wildman–Crippen MR) is 99.8 cm³/mol. The molecule has 3 unspecified atom stereocenters. The van der Waals surface area contributed by atoms with Gasteiger partial charge in [-0.05, 0) is 37.5 Å². The SMILES string of the molecule is Cc1ccc([N-]CC2=CC=CC3CC(C)CC23)cc1.[CH3-].[Cl][Ti][Cl]. The first kappa shape index (κ1) is 20.8. The molecule has 3 atom stereocenters. The van der Waals surface area contributed by atoms with E-state index in [9.17, 15) is 0 Å². The van der Waals surface area contributed by atoms with Crippen LogP contribution in [0.2, 0.25) is 0 Å². The van der Waals surface area contributed by atoms with E-state index in [1.807, 2.05) is 0 Å². The zero-order chi connectivity index (χ0) is 15.9. The molecular formula is C19H25Cl2NTi-2. The molecule has 23 heavy (non-hydrogen) atoms. The first-order chi connectivity index (χ1) is 10.6. The van der Waals surface area contributed by atoms with Gasteiger partial charge in [0.1, 0.15) is 0 Å². The topological polar surface area (TPSA) is 14.1 Å². The molecule has 0 heterocycles. The molecule has 1 aromatic rings. The van der Waals surface area contributed by atoms with Crippen LogP contribution in [0.15, 0.2) is 48.1 Å². The zero-order valence-electron chi connectivity index (χ0n) is 14.1. The van der Waals surface area contributed by atoms with E-state index < -0.39 is 17.0 Å². The van der Waals surface area contributed by atoms with Crippen molar-refractivity contribution in [3.8, 4) is 0 Å². The molecule has 0 saturated heterocycles. The first-order valence-corrected chi connectivity index (χ1v) is 12.0. The Kier molecular flexibility index (Phi) is 9.62. The molecule has 0 spiro atoms. The maximum absolute atomic E-state index is 4.89. The summed E-state index contributed by atoms with van der Waals surface area (Å²) < 4.78 is 0. The fourth-order valence-electron chi connectivity index (χ4n) is 3.42. The van der Waals surface area contributed by atoms with E-state index in [1.54, 1.807) is 0 Å². The minimum absolute atomic E-state index is 0. The van der Waals surface area contributed by atoms with Gasteiger partial charge >= 0.3 is 35.6 Å². The first-order valence-electron chi connectivity index (χ1n) is 7.71. The quantitative estimate of drug-likeness (QED) is 0.393. The monoisotopic (exact) mass is 385 g/mol. The van der Waals surface area contributed by atoms with Gasteiger partial charge in [-0.3, -0.25) is 0 Å². The molecule has 4 heteroatoms. The molecule has 0 bridgehead atoms. The third-order valence-electron chi connectivity index (χ3n) is 4.47. The second-order valence-electron chi connectivity index (χ2n) is 6.20. The molecule has 1 fully saturated rings. The Morgan fingerprint density at radius 2 is 1.83 bits per heavy atom. The van der Waals surface area contributed by atoms with Crippen molar-refractivity contribution in [2.24, 2.45) is 17.8 Å². The average Bonchev–Trinajstić information content (AvgIpc) is 2.88. The Balaban J connectivity index is 0.000000615. The van der Waals surface area contributed by atoms with E-state index in [1.165, 1.54) is 24.0 Å². The van der Waals surface area contributed by atoms with Gasteiger partial charge in [-0.2, -0.15) is 0 Å². The molecule has 0 amide bonds. The Morgan fingerprint density at radius 3 is 2.48 bits per heavy atom. The Hall–Kier alpha value is -0.206. The summed E-state index contributed by atoms with van der Waals surface area (Å²) in [5.74, 6) is 2.37. The molecule has 0 radical (unpaired) electrons. The molecule has 0 aliphatic heterocycles. The van der Waals surface area contributed by atoms with Crippen LogP contribution in [0, 0.1) is 32.1 Å². The number of halogens is 2. The maximum atomic E-state index is 4.89. The normalized spacial score (nSPS) is 24.5. The van der Waals surface area contributed by atoms with Crippen LogP contribution >= 0.6 is 18.6 Å². The Labute approximate surface area is 158 Å². The number of hydrogen-bond donors (Lipinski definition) is 0. The summed E-state index contributed by atoms with van der Waals surface area (Å²) >= 11 is -0.556. The zero-order valence-corrected chi connectivity index (χ0v) is 17.2. The van der Waals surface area contributed by atoms with Crippen LogP contribution in [0.5, 0.6) is 0 Å². The standard InChI is InChI=1S/C18H22N.CH3.2ClH.Ti/c1-13-6-8-17(9-7-13)19-12-16-5-3-4-15-10-14(2)11-18(15)16;;;;/h3-9,14-15,18H,10-12H2,1-2H3;1H3;2*1H;/q2*-1;;;+2/p-2. The van der Waals surface area contributed by atoms with Crippen LogP contribution in [0.3, 0.4) is 0 Å². The van der Waals surface area contributed by atoms with Gasteiger partial charge in [-0.15, -0.1) is 12.2 Å². The van der Waals surface area contributed by atoms with Crippen molar-refractivity contribution in [2.45, 2.75) is 26.7 Å². The van der Waals surface area contributed by atoms with Gasteiger partial charge < -0.3 is 12.7 Å². The number of nitrogens with zero attached hydrogens (tertiary/aromatic N) is 1. The summed E-state index contributed by atoms with van der Waals surface area (Å²) in [4.78, 5) is 0. The van der Waals surface area contributed by atoms with Crippen molar-refractivity contribution in [1.29, 1.82) is 0 Å². The number of allylic oxidation sites excluding steroid dienone is 3. The van der Waals surface area contributed by atoms with Gasteiger partial charge in [0.2, 0.25) is 0 Å². The van der Waals surface area contributed by atoms with Crippen molar-refractivity contribution < 1.29 is 17.0 Å². The van der Waals surface area contributed by atoms with Gasteiger partial charge in [0.15, 0.2) is 0 Å². The number of aryl methyl sites for hydroxylation is 1. The van der Waals surface area contributed by atoms with Crippen LogP contribution in [-0.2, 0) is 17.0 Å². The molecule has 0 N–H and O–H groups in total. The summed E-state index contributed by atoms with van der Waals surface area (Å²) in [5, 5.41) is 4.75. The van der Waals surface area contributed by atoms with Crippen molar-refractivity contribution >= 4 is 24.3 Å². The van der Waals surface area contributed by atoms with Crippen molar-refractivity contribution in [3.63, 3.8) is 0 Å². The van der Waals surface area contributed by atoms with E-state index in [0.717, 1.165) is 30.0 Å². The molecule has 2 aliphatic rings. The number of rotatable bonds is 3. The van der Waals surface area contributed by atoms with E-state index in [0.29, 0.717) is 0 Å². The van der Waals surface area contributed by atoms with Gasteiger partial charge in [0.05, 0.1) is 0 Å². The van der Waals surface area contributed by atoms with E-state index >= 15 is 0 Å². The van der Waals surface area contributed by atoms with Gasteiger partial charge in [-0.1, -0.05) is 60.6 Å². The van der Waals surface area contributed by atoms with Crippen LogP contribution < -0.4 is 0 Å². The second-order valence-corrected chi connectivity index (χ2v) is 8.78. The summed E-state index contributed by atoms with van der Waals surface area (Å²) in [5.41, 5.74) is 3.92. The molecule has 0 aromatic heterocycles. The van der Waals surface area contributed by atoms with E-state index in [-0.39, 0.29) is 7.43 Å². The van der Waals surface area contributed by atoms with E-state index in [4.69, 9.17) is 23.9 Å². The summed E-state index contributed by atoms with van der Waals surface area (Å²) in [7, 11) is 9.78. The molecule has 1 aromatic carbocycles. The number of hydrogen-bond acceptors (Lipinski definition) is 0. The van der Waals surface area contributed by atoms with Crippen molar-refractivity contribution in [1.82, 2.24) is 0 Å². The molecule has 1 saturated carbocycles. The molecule has 3 rings (SSSR count). The van der Waals surface area contributed by atoms with Gasteiger partial charge in [0.25, 0.3) is 0 Å². The third-order valence-corrected chi connectivity index (χ3v) is 4.47. The summed E-state index contributed by atoms with van der Waals surface area (Å²) in [6.07, 6.45) is 9.60. The average molecular weight is 386 g/mol. The summed E-state index contributed by atoms with van der Waals surface area (Å²) in [6.45, 7) is 5.35. The number of benzene rings is 1. The fourth-order valence-corrected chi connectivity index (χ4v) is 3.42. The van der Waals surface area contributed by atoms with E-state index in [2.05, 4.69) is 56.3 Å². The molecule has 126 valence electrons. The Morgan fingerprint density at radius 1 is 1.17 bits per heavy atom.